The topological polar surface area (TPSA) is 55.8 Å². The van der Waals surface area contributed by atoms with Crippen LogP contribution in [0, 0.1) is 0 Å². The van der Waals surface area contributed by atoms with Crippen LogP contribution in [-0.4, -0.2) is 36.5 Å². The fraction of sp³-hybridized carbons (Fsp3) is 0.429. The van der Waals surface area contributed by atoms with Gasteiger partial charge in [0.1, 0.15) is 6.29 Å². The Balaban J connectivity index is 1.71. The Morgan fingerprint density at radius 2 is 2.21 bits per heavy atom. The lowest BCUT2D eigenvalue weighted by atomic mass is 10.1. The number of carbonyl (C=O) groups excluding carboxylic acids is 2. The maximum Gasteiger partial charge on any atom is 0.231 e. The van der Waals surface area contributed by atoms with Gasteiger partial charge in [-0.05, 0) is 30.5 Å². The van der Waals surface area contributed by atoms with Gasteiger partial charge in [0.25, 0.3) is 0 Å². The Morgan fingerprint density at radius 3 is 3.05 bits per heavy atom. The summed E-state index contributed by atoms with van der Waals surface area (Å²) in [4.78, 5) is 24.7. The molecular weight excluding hydrogens is 246 g/mol. The first kappa shape index (κ1) is 12.0. The van der Waals surface area contributed by atoms with Gasteiger partial charge in [-0.25, -0.2) is 0 Å². The molecule has 0 aromatic heterocycles. The van der Waals surface area contributed by atoms with E-state index in [0.717, 1.165) is 24.7 Å². The maximum absolute atomic E-state index is 12.2. The molecule has 0 aliphatic carbocycles. The zero-order chi connectivity index (χ0) is 13.2. The smallest absolute Gasteiger partial charge is 0.231 e. The maximum atomic E-state index is 12.2. The summed E-state index contributed by atoms with van der Waals surface area (Å²) in [6.45, 7) is 0.902. The van der Waals surface area contributed by atoms with Gasteiger partial charge in [0.2, 0.25) is 12.7 Å². The van der Waals surface area contributed by atoms with E-state index in [4.69, 9.17) is 9.47 Å². The van der Waals surface area contributed by atoms with Crippen LogP contribution in [0.15, 0.2) is 18.2 Å². The standard InChI is InChI=1S/C14H15NO4/c16-8-11-2-1-5-15(11)14(17)7-10-3-4-12-13(6-10)19-9-18-12/h3-4,6,8,11H,1-2,5,7,9H2/t11-/m0/s1. The number of nitrogens with zero attached hydrogens (tertiary/aromatic N) is 1. The molecule has 3 rings (SSSR count). The van der Waals surface area contributed by atoms with E-state index >= 15 is 0 Å². The van der Waals surface area contributed by atoms with Crippen molar-refractivity contribution in [2.75, 3.05) is 13.3 Å². The van der Waals surface area contributed by atoms with Gasteiger partial charge < -0.3 is 19.2 Å². The first-order valence-corrected chi connectivity index (χ1v) is 6.41. The third-order valence-electron chi connectivity index (χ3n) is 3.57. The molecule has 0 saturated carbocycles. The minimum Gasteiger partial charge on any atom is -0.454 e. The second-order valence-corrected chi connectivity index (χ2v) is 4.80. The molecule has 19 heavy (non-hydrogen) atoms. The van der Waals surface area contributed by atoms with Crippen molar-refractivity contribution in [2.45, 2.75) is 25.3 Å². The monoisotopic (exact) mass is 261 g/mol. The average molecular weight is 261 g/mol. The lowest BCUT2D eigenvalue weighted by Crippen LogP contribution is -2.37. The van der Waals surface area contributed by atoms with Crippen LogP contribution in [0.25, 0.3) is 0 Å². The number of carbonyl (C=O) groups is 2. The van der Waals surface area contributed by atoms with Crippen LogP contribution >= 0.6 is 0 Å². The van der Waals surface area contributed by atoms with Crippen molar-refractivity contribution in [3.8, 4) is 11.5 Å². The lowest BCUT2D eigenvalue weighted by molar-refractivity contribution is -0.133. The van der Waals surface area contributed by atoms with E-state index in [9.17, 15) is 9.59 Å². The number of ether oxygens (including phenoxy) is 2. The number of fused-ring (bicyclic) bond motifs is 1. The second-order valence-electron chi connectivity index (χ2n) is 4.80. The summed E-state index contributed by atoms with van der Waals surface area (Å²) in [5.74, 6) is 1.38. The Bertz CT molecular complexity index is 514. The minimum atomic E-state index is -0.249. The Morgan fingerprint density at radius 1 is 1.37 bits per heavy atom. The molecule has 1 aromatic carbocycles. The second kappa shape index (κ2) is 4.91. The molecule has 0 radical (unpaired) electrons. The number of benzene rings is 1. The molecule has 5 nitrogen and oxygen atoms in total. The van der Waals surface area contributed by atoms with Crippen molar-refractivity contribution >= 4 is 12.2 Å². The van der Waals surface area contributed by atoms with Gasteiger partial charge in [0.05, 0.1) is 12.5 Å². The molecule has 100 valence electrons. The van der Waals surface area contributed by atoms with Crippen LogP contribution in [0.3, 0.4) is 0 Å². The number of amides is 1. The van der Waals surface area contributed by atoms with Crippen LogP contribution in [0.5, 0.6) is 11.5 Å². The molecule has 1 fully saturated rings. The third kappa shape index (κ3) is 2.28. The van der Waals surface area contributed by atoms with Crippen molar-refractivity contribution in [2.24, 2.45) is 0 Å². The minimum absolute atomic E-state index is 0.00605. The summed E-state index contributed by atoms with van der Waals surface area (Å²) in [7, 11) is 0. The van der Waals surface area contributed by atoms with Gasteiger partial charge in [-0.3, -0.25) is 4.79 Å². The zero-order valence-corrected chi connectivity index (χ0v) is 10.5. The van der Waals surface area contributed by atoms with Gasteiger partial charge in [-0.2, -0.15) is 0 Å². The first-order chi connectivity index (χ1) is 9.28. The van der Waals surface area contributed by atoms with Crippen LogP contribution in [0.4, 0.5) is 0 Å². The van der Waals surface area contributed by atoms with Crippen molar-refractivity contribution in [1.29, 1.82) is 0 Å². The largest absolute Gasteiger partial charge is 0.454 e. The number of aldehydes is 1. The average Bonchev–Trinajstić information content (AvgIpc) is 3.06. The highest BCUT2D eigenvalue weighted by Crippen LogP contribution is 2.32. The molecule has 0 bridgehead atoms. The van der Waals surface area contributed by atoms with Crippen molar-refractivity contribution in [1.82, 2.24) is 4.90 Å². The van der Waals surface area contributed by atoms with Crippen molar-refractivity contribution in [3.05, 3.63) is 23.8 Å². The van der Waals surface area contributed by atoms with E-state index in [-0.39, 0.29) is 18.7 Å². The quantitative estimate of drug-likeness (QED) is 0.766. The summed E-state index contributed by atoms with van der Waals surface area (Å²) in [5.41, 5.74) is 0.880. The summed E-state index contributed by atoms with van der Waals surface area (Å²) < 4.78 is 10.5. The SMILES string of the molecule is O=C[C@@H]1CCCN1C(=O)Cc1ccc2c(c1)OCO2. The molecule has 1 amide bonds. The van der Waals surface area contributed by atoms with Gasteiger partial charge in [0, 0.05) is 6.54 Å². The van der Waals surface area contributed by atoms with Crippen molar-refractivity contribution in [3.63, 3.8) is 0 Å². The molecule has 2 aliphatic rings. The van der Waals surface area contributed by atoms with Crippen molar-refractivity contribution < 1.29 is 19.1 Å². The van der Waals surface area contributed by atoms with Crippen LogP contribution in [0.2, 0.25) is 0 Å². The van der Waals surface area contributed by atoms with Gasteiger partial charge >= 0.3 is 0 Å². The number of likely N-dealkylation sites (tertiary alicyclic amines) is 1. The molecule has 0 N–H and O–H groups in total. The van der Waals surface area contributed by atoms with Crippen LogP contribution in [0.1, 0.15) is 18.4 Å². The summed E-state index contributed by atoms with van der Waals surface area (Å²) in [5, 5.41) is 0. The molecule has 1 aromatic rings. The van der Waals surface area contributed by atoms with Gasteiger partial charge in [-0.15, -0.1) is 0 Å². The van der Waals surface area contributed by atoms with E-state index in [2.05, 4.69) is 0 Å². The van der Waals surface area contributed by atoms with Crippen LogP contribution < -0.4 is 9.47 Å². The van der Waals surface area contributed by atoms with Gasteiger partial charge in [-0.1, -0.05) is 6.07 Å². The summed E-state index contributed by atoms with van der Waals surface area (Å²) >= 11 is 0. The molecular formula is C14H15NO4. The number of rotatable bonds is 3. The number of hydrogen-bond acceptors (Lipinski definition) is 4. The molecule has 1 saturated heterocycles. The number of hydrogen-bond donors (Lipinski definition) is 0. The first-order valence-electron chi connectivity index (χ1n) is 6.41. The fourth-order valence-corrected chi connectivity index (χ4v) is 2.57. The molecule has 2 heterocycles. The predicted molar refractivity (Wildman–Crippen MR) is 67.1 cm³/mol. The van der Waals surface area contributed by atoms with Crippen LogP contribution in [-0.2, 0) is 16.0 Å². The lowest BCUT2D eigenvalue weighted by Gasteiger charge is -2.20. The molecule has 2 aliphatic heterocycles. The van der Waals surface area contributed by atoms with E-state index < -0.39 is 0 Å². The zero-order valence-electron chi connectivity index (χ0n) is 10.5. The highest BCUT2D eigenvalue weighted by molar-refractivity contribution is 5.82. The molecule has 0 unspecified atom stereocenters. The van der Waals surface area contributed by atoms with E-state index in [1.165, 1.54) is 0 Å². The summed E-state index contributed by atoms with van der Waals surface area (Å²) in [6.07, 6.45) is 2.83. The van der Waals surface area contributed by atoms with E-state index in [1.54, 1.807) is 4.90 Å². The highest BCUT2D eigenvalue weighted by atomic mass is 16.7. The summed E-state index contributed by atoms with van der Waals surface area (Å²) in [6, 6.07) is 5.25. The normalized spacial score (nSPS) is 20.6. The Hall–Kier alpha value is -2.04. The third-order valence-corrected chi connectivity index (χ3v) is 3.57. The predicted octanol–water partition coefficient (Wildman–Crippen LogP) is 1.15. The van der Waals surface area contributed by atoms with Gasteiger partial charge in [0.15, 0.2) is 11.5 Å². The fourth-order valence-electron chi connectivity index (χ4n) is 2.57. The molecule has 5 heteroatoms. The Kier molecular flexibility index (Phi) is 3.11. The molecule has 0 spiro atoms. The molecule has 1 atom stereocenters. The van der Waals surface area contributed by atoms with E-state index in [0.29, 0.717) is 24.5 Å². The Labute approximate surface area is 111 Å². The van der Waals surface area contributed by atoms with E-state index in [1.807, 2.05) is 18.2 Å². The highest BCUT2D eigenvalue weighted by Gasteiger charge is 2.28.